The first-order valence-electron chi connectivity index (χ1n) is 5.55. The van der Waals surface area contributed by atoms with Gasteiger partial charge in [-0.25, -0.2) is 0 Å². The van der Waals surface area contributed by atoms with Gasteiger partial charge >= 0.3 is 0 Å². The normalized spacial score (nSPS) is 13.1. The van der Waals surface area contributed by atoms with E-state index in [2.05, 4.69) is 25.0 Å². The van der Waals surface area contributed by atoms with E-state index in [9.17, 15) is 0 Å². The molecule has 1 aromatic heterocycles. The van der Waals surface area contributed by atoms with Gasteiger partial charge in [-0.15, -0.1) is 0 Å². The van der Waals surface area contributed by atoms with Crippen LogP contribution in [0.3, 0.4) is 0 Å². The predicted molar refractivity (Wildman–Crippen MR) is 60.6 cm³/mol. The number of aromatic nitrogens is 2. The highest BCUT2D eigenvalue weighted by Crippen LogP contribution is 2.12. The Hall–Kier alpha value is -0.870. The third kappa shape index (κ3) is 3.32. The lowest BCUT2D eigenvalue weighted by atomic mass is 10.2. The van der Waals surface area contributed by atoms with Crippen molar-refractivity contribution < 1.29 is 4.74 Å². The minimum atomic E-state index is -0.0747. The first-order chi connectivity index (χ1) is 7.19. The van der Waals surface area contributed by atoms with Crippen molar-refractivity contribution in [2.24, 2.45) is 12.8 Å². The summed E-state index contributed by atoms with van der Waals surface area (Å²) in [4.78, 5) is 0. The highest BCUT2D eigenvalue weighted by atomic mass is 16.5. The van der Waals surface area contributed by atoms with Crippen LogP contribution in [0.4, 0.5) is 0 Å². The largest absolute Gasteiger partial charge is 0.379 e. The molecule has 0 aliphatic heterocycles. The van der Waals surface area contributed by atoms with E-state index in [1.165, 1.54) is 0 Å². The number of rotatable bonds is 6. The number of ether oxygens (including phenoxy) is 1. The van der Waals surface area contributed by atoms with E-state index in [0.29, 0.717) is 6.61 Å². The Kier molecular flexibility index (Phi) is 4.78. The van der Waals surface area contributed by atoms with Gasteiger partial charge in [-0.2, -0.15) is 5.10 Å². The van der Waals surface area contributed by atoms with E-state index in [0.717, 1.165) is 30.8 Å². The van der Waals surface area contributed by atoms with Crippen molar-refractivity contribution in [1.82, 2.24) is 9.78 Å². The fraction of sp³-hybridized carbons (Fsp3) is 0.727. The van der Waals surface area contributed by atoms with Crippen LogP contribution < -0.4 is 5.73 Å². The molecule has 0 spiro atoms. The summed E-state index contributed by atoms with van der Waals surface area (Å²) < 4.78 is 7.28. The van der Waals surface area contributed by atoms with Gasteiger partial charge in [0, 0.05) is 13.7 Å². The van der Waals surface area contributed by atoms with Crippen molar-refractivity contribution in [3.05, 3.63) is 17.5 Å². The molecule has 0 fully saturated rings. The first-order valence-corrected chi connectivity index (χ1v) is 5.55. The molecule has 2 N–H and O–H groups in total. The first kappa shape index (κ1) is 12.2. The van der Waals surface area contributed by atoms with Gasteiger partial charge in [0.15, 0.2) is 0 Å². The molecular formula is C11H21N3O. The Balaban J connectivity index is 2.56. The van der Waals surface area contributed by atoms with Crippen molar-refractivity contribution in [1.29, 1.82) is 0 Å². The molecule has 0 aromatic carbocycles. The Bertz CT molecular complexity index is 296. The van der Waals surface area contributed by atoms with Gasteiger partial charge in [0.05, 0.1) is 24.0 Å². The average molecular weight is 211 g/mol. The number of hydrogen-bond donors (Lipinski definition) is 1. The smallest absolute Gasteiger partial charge is 0.0704 e. The molecule has 86 valence electrons. The Labute approximate surface area is 91.4 Å². The number of nitrogens with two attached hydrogens (primary N) is 1. The summed E-state index contributed by atoms with van der Waals surface area (Å²) in [5, 5.41) is 4.36. The van der Waals surface area contributed by atoms with Gasteiger partial charge in [0.1, 0.15) is 0 Å². The van der Waals surface area contributed by atoms with Gasteiger partial charge in [-0.3, -0.25) is 4.68 Å². The highest BCUT2D eigenvalue weighted by Gasteiger charge is 2.12. The van der Waals surface area contributed by atoms with Crippen LogP contribution in [0, 0.1) is 0 Å². The minimum Gasteiger partial charge on any atom is -0.379 e. The monoisotopic (exact) mass is 211 g/mol. The minimum absolute atomic E-state index is 0.0747. The zero-order valence-corrected chi connectivity index (χ0v) is 9.86. The second-order valence-corrected chi connectivity index (χ2v) is 3.72. The zero-order chi connectivity index (χ0) is 11.3. The van der Waals surface area contributed by atoms with E-state index >= 15 is 0 Å². The number of hydrogen-bond acceptors (Lipinski definition) is 3. The van der Waals surface area contributed by atoms with E-state index in [1.54, 1.807) is 0 Å². The van der Waals surface area contributed by atoms with Crippen LogP contribution in [0.25, 0.3) is 0 Å². The molecule has 0 aliphatic carbocycles. The molecule has 1 rings (SSSR count). The average Bonchev–Trinajstić information content (AvgIpc) is 2.60. The van der Waals surface area contributed by atoms with Crippen LogP contribution in [-0.2, 0) is 18.2 Å². The summed E-state index contributed by atoms with van der Waals surface area (Å²) >= 11 is 0. The molecule has 1 unspecified atom stereocenters. The molecule has 0 amide bonds. The maximum atomic E-state index is 6.02. The van der Waals surface area contributed by atoms with E-state index < -0.39 is 0 Å². The maximum Gasteiger partial charge on any atom is 0.0704 e. The molecule has 15 heavy (non-hydrogen) atoms. The van der Waals surface area contributed by atoms with Crippen molar-refractivity contribution >= 4 is 0 Å². The second kappa shape index (κ2) is 5.88. The Morgan fingerprint density at radius 1 is 1.53 bits per heavy atom. The number of aryl methyl sites for hydroxylation is 2. The lowest BCUT2D eigenvalue weighted by Crippen LogP contribution is -2.20. The molecular weight excluding hydrogens is 190 g/mol. The summed E-state index contributed by atoms with van der Waals surface area (Å²) in [6.07, 6.45) is 1.97. The van der Waals surface area contributed by atoms with Crippen LogP contribution in [0.5, 0.6) is 0 Å². The molecule has 4 heteroatoms. The number of nitrogens with zero attached hydrogens (tertiary/aromatic N) is 2. The zero-order valence-electron chi connectivity index (χ0n) is 9.86. The third-order valence-corrected chi connectivity index (χ3v) is 2.35. The summed E-state index contributed by atoms with van der Waals surface area (Å²) in [6, 6.07) is 1.98. The molecule has 0 radical (unpaired) electrons. The SMILES string of the molecule is CCCOCC(N)c1cc(CC)nn1C. The third-order valence-electron chi connectivity index (χ3n) is 2.35. The van der Waals surface area contributed by atoms with Crippen LogP contribution in [0.2, 0.25) is 0 Å². The summed E-state index contributed by atoms with van der Waals surface area (Å²) in [6.45, 7) is 5.51. The fourth-order valence-electron chi connectivity index (χ4n) is 1.50. The fourth-order valence-corrected chi connectivity index (χ4v) is 1.50. The van der Waals surface area contributed by atoms with Gasteiger partial charge in [-0.05, 0) is 18.9 Å². The summed E-state index contributed by atoms with van der Waals surface area (Å²) in [5.41, 5.74) is 8.15. The molecule has 0 bridgehead atoms. The summed E-state index contributed by atoms with van der Waals surface area (Å²) in [5.74, 6) is 0. The molecule has 1 aromatic rings. The maximum absolute atomic E-state index is 6.02. The van der Waals surface area contributed by atoms with Gasteiger partial charge in [-0.1, -0.05) is 13.8 Å². The summed E-state index contributed by atoms with van der Waals surface area (Å²) in [7, 11) is 1.92. The van der Waals surface area contributed by atoms with Crippen LogP contribution in [0.15, 0.2) is 6.07 Å². The Morgan fingerprint density at radius 2 is 2.27 bits per heavy atom. The van der Waals surface area contributed by atoms with E-state index in [-0.39, 0.29) is 6.04 Å². The van der Waals surface area contributed by atoms with Crippen molar-refractivity contribution in [2.45, 2.75) is 32.7 Å². The highest BCUT2D eigenvalue weighted by molar-refractivity contribution is 5.13. The molecule has 0 saturated heterocycles. The molecule has 0 saturated carbocycles. The van der Waals surface area contributed by atoms with Crippen LogP contribution >= 0.6 is 0 Å². The van der Waals surface area contributed by atoms with Crippen molar-refractivity contribution in [2.75, 3.05) is 13.2 Å². The predicted octanol–water partition coefficient (Wildman–Crippen LogP) is 1.41. The van der Waals surface area contributed by atoms with Crippen molar-refractivity contribution in [3.63, 3.8) is 0 Å². The molecule has 0 aliphatic rings. The quantitative estimate of drug-likeness (QED) is 0.724. The lowest BCUT2D eigenvalue weighted by Gasteiger charge is -2.11. The molecule has 1 atom stereocenters. The van der Waals surface area contributed by atoms with Gasteiger partial charge < -0.3 is 10.5 Å². The molecule has 4 nitrogen and oxygen atoms in total. The lowest BCUT2D eigenvalue weighted by molar-refractivity contribution is 0.120. The van der Waals surface area contributed by atoms with Crippen LogP contribution in [-0.4, -0.2) is 23.0 Å². The van der Waals surface area contributed by atoms with E-state index in [4.69, 9.17) is 10.5 Å². The standard InChI is InChI=1S/C11H21N3O/c1-4-6-15-8-10(12)11-7-9(5-2)13-14(11)3/h7,10H,4-6,8,12H2,1-3H3. The topological polar surface area (TPSA) is 53.1 Å². The molecule has 1 heterocycles. The van der Waals surface area contributed by atoms with Crippen LogP contribution in [0.1, 0.15) is 37.7 Å². The van der Waals surface area contributed by atoms with E-state index in [1.807, 2.05) is 11.7 Å². The Morgan fingerprint density at radius 3 is 2.80 bits per heavy atom. The van der Waals surface area contributed by atoms with Gasteiger partial charge in [0.2, 0.25) is 0 Å². The van der Waals surface area contributed by atoms with Crippen molar-refractivity contribution in [3.8, 4) is 0 Å². The second-order valence-electron chi connectivity index (χ2n) is 3.72. The van der Waals surface area contributed by atoms with Gasteiger partial charge in [0.25, 0.3) is 0 Å².